The Morgan fingerprint density at radius 2 is 1.24 bits per heavy atom. The molecule has 2 aromatic heterocycles. The summed E-state index contributed by atoms with van der Waals surface area (Å²) in [5.74, 6) is 1.15. The number of fused-ring (bicyclic) bond motifs is 10. The molecule has 54 heavy (non-hydrogen) atoms. The van der Waals surface area contributed by atoms with Gasteiger partial charge in [-0.3, -0.25) is 0 Å². The lowest BCUT2D eigenvalue weighted by molar-refractivity contribution is 0.613. The van der Waals surface area contributed by atoms with Gasteiger partial charge in [-0.05, 0) is 98.6 Å². The third-order valence-electron chi connectivity index (χ3n) is 12.6. The zero-order valence-electron chi connectivity index (χ0n) is 30.1. The number of rotatable bonds is 3. The zero-order chi connectivity index (χ0) is 35.7. The molecule has 9 aromatic rings. The SMILES string of the molecule is CC1(C)C2=Cc3c(c4ccccc4n3-c3ccc(-c4nc(-c5ccc6c7c(cccc57)-c5ccccc5-6)c5ccccc5n4)cc3)CC2c2ccccc21. The number of nitrogens with zero attached hydrogens (tertiary/aromatic N) is 3. The number of hydrogen-bond donors (Lipinski definition) is 0. The predicted octanol–water partition coefficient (Wildman–Crippen LogP) is 12.7. The smallest absolute Gasteiger partial charge is 0.160 e. The van der Waals surface area contributed by atoms with E-state index in [1.54, 1.807) is 0 Å². The normalized spacial score (nSPS) is 16.0. The molecule has 0 radical (unpaired) electrons. The molecule has 1 atom stereocenters. The van der Waals surface area contributed by atoms with Crippen LogP contribution in [-0.2, 0) is 11.8 Å². The fourth-order valence-electron chi connectivity index (χ4n) is 10.1. The maximum atomic E-state index is 5.38. The molecule has 7 aromatic carbocycles. The van der Waals surface area contributed by atoms with Gasteiger partial charge in [0, 0.05) is 38.9 Å². The van der Waals surface area contributed by atoms with E-state index in [0.717, 1.165) is 45.7 Å². The minimum Gasteiger partial charge on any atom is -0.310 e. The van der Waals surface area contributed by atoms with Crippen molar-refractivity contribution in [3.63, 3.8) is 0 Å². The molecule has 0 spiro atoms. The highest BCUT2D eigenvalue weighted by Crippen LogP contribution is 2.55. The summed E-state index contributed by atoms with van der Waals surface area (Å²) in [7, 11) is 0. The maximum Gasteiger partial charge on any atom is 0.160 e. The Labute approximate surface area is 313 Å². The summed E-state index contributed by atoms with van der Waals surface area (Å²) < 4.78 is 2.47. The van der Waals surface area contributed by atoms with Crippen molar-refractivity contribution in [3.05, 3.63) is 180 Å². The van der Waals surface area contributed by atoms with Gasteiger partial charge in [0.15, 0.2) is 5.82 Å². The van der Waals surface area contributed by atoms with Gasteiger partial charge in [0.05, 0.1) is 22.4 Å². The van der Waals surface area contributed by atoms with E-state index in [1.165, 1.54) is 71.9 Å². The first kappa shape index (κ1) is 29.9. The predicted molar refractivity (Wildman–Crippen MR) is 223 cm³/mol. The number of hydrogen-bond acceptors (Lipinski definition) is 2. The van der Waals surface area contributed by atoms with Gasteiger partial charge >= 0.3 is 0 Å². The van der Waals surface area contributed by atoms with Gasteiger partial charge < -0.3 is 4.57 Å². The Balaban J connectivity index is 0.999. The van der Waals surface area contributed by atoms with Crippen molar-refractivity contribution in [2.45, 2.75) is 31.6 Å². The molecule has 3 nitrogen and oxygen atoms in total. The second-order valence-electron chi connectivity index (χ2n) is 15.7. The second-order valence-corrected chi connectivity index (χ2v) is 15.7. The van der Waals surface area contributed by atoms with Crippen LogP contribution in [0.15, 0.2) is 157 Å². The lowest BCUT2D eigenvalue weighted by atomic mass is 9.76. The Kier molecular flexibility index (Phi) is 5.96. The molecule has 0 saturated heterocycles. The van der Waals surface area contributed by atoms with Crippen molar-refractivity contribution in [3.8, 4) is 50.6 Å². The zero-order valence-corrected chi connectivity index (χ0v) is 30.1. The first-order valence-corrected chi connectivity index (χ1v) is 19.0. The van der Waals surface area contributed by atoms with Crippen molar-refractivity contribution in [1.82, 2.24) is 14.5 Å². The fourth-order valence-corrected chi connectivity index (χ4v) is 10.1. The quantitative estimate of drug-likeness (QED) is 0.185. The third-order valence-corrected chi connectivity index (χ3v) is 12.6. The molecule has 1 unspecified atom stereocenters. The summed E-state index contributed by atoms with van der Waals surface area (Å²) in [6.07, 6.45) is 3.52. The third kappa shape index (κ3) is 3.96. The molecular formula is C51H35N3. The van der Waals surface area contributed by atoms with Crippen molar-refractivity contribution >= 4 is 38.7 Å². The number of allylic oxidation sites excluding steroid dienone is 1. The maximum absolute atomic E-state index is 5.38. The van der Waals surface area contributed by atoms with Gasteiger partial charge in [0.2, 0.25) is 0 Å². The van der Waals surface area contributed by atoms with Crippen LogP contribution in [-0.4, -0.2) is 14.5 Å². The van der Waals surface area contributed by atoms with Crippen LogP contribution in [0.3, 0.4) is 0 Å². The monoisotopic (exact) mass is 689 g/mol. The van der Waals surface area contributed by atoms with Crippen LogP contribution < -0.4 is 0 Å². The van der Waals surface area contributed by atoms with E-state index in [2.05, 4.69) is 176 Å². The minimum absolute atomic E-state index is 0.00976. The van der Waals surface area contributed by atoms with E-state index in [4.69, 9.17) is 9.97 Å². The molecule has 2 heterocycles. The van der Waals surface area contributed by atoms with Crippen molar-refractivity contribution in [1.29, 1.82) is 0 Å². The van der Waals surface area contributed by atoms with Crippen molar-refractivity contribution in [2.24, 2.45) is 0 Å². The first-order valence-electron chi connectivity index (χ1n) is 19.0. The molecule has 3 aliphatic rings. The number of para-hydroxylation sites is 2. The van der Waals surface area contributed by atoms with Gasteiger partial charge in [0.1, 0.15) is 0 Å². The fraction of sp³-hybridized carbons (Fsp3) is 0.0980. The highest BCUT2D eigenvalue weighted by molar-refractivity contribution is 6.19. The van der Waals surface area contributed by atoms with Crippen LogP contribution >= 0.6 is 0 Å². The second kappa shape index (κ2) is 10.7. The highest BCUT2D eigenvalue weighted by atomic mass is 15.0. The van der Waals surface area contributed by atoms with Gasteiger partial charge in [-0.1, -0.05) is 135 Å². The topological polar surface area (TPSA) is 30.7 Å². The van der Waals surface area contributed by atoms with Crippen LogP contribution in [0.4, 0.5) is 0 Å². The average Bonchev–Trinajstić information content (AvgIpc) is 3.81. The van der Waals surface area contributed by atoms with E-state index in [1.807, 2.05) is 0 Å². The van der Waals surface area contributed by atoms with Crippen LogP contribution in [0.2, 0.25) is 0 Å². The van der Waals surface area contributed by atoms with E-state index < -0.39 is 0 Å². The van der Waals surface area contributed by atoms with Crippen molar-refractivity contribution < 1.29 is 0 Å². The summed E-state index contributed by atoms with van der Waals surface area (Å²) in [4.78, 5) is 10.5. The molecule has 12 rings (SSSR count). The van der Waals surface area contributed by atoms with E-state index >= 15 is 0 Å². The van der Waals surface area contributed by atoms with Crippen LogP contribution in [0.1, 0.15) is 42.1 Å². The molecule has 0 fully saturated rings. The molecule has 0 N–H and O–H groups in total. The standard InChI is InChI=1S/C51H35N3/c1-51(2)43-19-8-5-14-34(43)41-28-42-35-15-7-10-21-46(35)54(47(42)29-44(41)51)31-24-22-30(23-25-31)50-52-45-20-9-6-16-40(45)49(53-50)39-27-26-38-33-13-4-3-12-32(33)36-17-11-18-37(39)48(36)38/h3-27,29,41H,28H2,1-2H3. The summed E-state index contributed by atoms with van der Waals surface area (Å²) >= 11 is 0. The molecule has 0 saturated carbocycles. The first-order chi connectivity index (χ1) is 26.5. The average molecular weight is 690 g/mol. The summed E-state index contributed by atoms with van der Waals surface area (Å²) in [5.41, 5.74) is 18.8. The van der Waals surface area contributed by atoms with Crippen LogP contribution in [0.5, 0.6) is 0 Å². The number of aromatic nitrogens is 3. The van der Waals surface area contributed by atoms with Crippen molar-refractivity contribution in [2.75, 3.05) is 0 Å². The van der Waals surface area contributed by atoms with E-state index in [0.29, 0.717) is 5.92 Å². The molecule has 254 valence electrons. The molecule has 3 aliphatic carbocycles. The molecule has 0 bridgehead atoms. The molecule has 0 amide bonds. The van der Waals surface area contributed by atoms with E-state index in [9.17, 15) is 0 Å². The van der Waals surface area contributed by atoms with Gasteiger partial charge in [-0.25, -0.2) is 9.97 Å². The lowest BCUT2D eigenvalue weighted by Crippen LogP contribution is -2.19. The Morgan fingerprint density at radius 1 is 0.574 bits per heavy atom. The minimum atomic E-state index is -0.00976. The van der Waals surface area contributed by atoms with Gasteiger partial charge in [-0.15, -0.1) is 0 Å². The Bertz CT molecular complexity index is 3070. The highest BCUT2D eigenvalue weighted by Gasteiger charge is 2.44. The van der Waals surface area contributed by atoms with E-state index in [-0.39, 0.29) is 5.41 Å². The van der Waals surface area contributed by atoms with Crippen LogP contribution in [0, 0.1) is 0 Å². The molecular weight excluding hydrogens is 655 g/mol. The molecule has 3 heteroatoms. The summed E-state index contributed by atoms with van der Waals surface area (Å²) in [6, 6.07) is 55.2. The Morgan fingerprint density at radius 3 is 2.09 bits per heavy atom. The van der Waals surface area contributed by atoms with Gasteiger partial charge in [-0.2, -0.15) is 0 Å². The Hall–Kier alpha value is -6.58. The summed E-state index contributed by atoms with van der Waals surface area (Å²) in [5, 5.41) is 4.92. The molecule has 0 aliphatic heterocycles. The number of benzene rings is 7. The largest absolute Gasteiger partial charge is 0.310 e. The lowest BCUT2D eigenvalue weighted by Gasteiger charge is -2.28. The summed E-state index contributed by atoms with van der Waals surface area (Å²) in [6.45, 7) is 4.79. The van der Waals surface area contributed by atoms with Gasteiger partial charge in [0.25, 0.3) is 0 Å². The van der Waals surface area contributed by atoms with Crippen LogP contribution in [0.25, 0.3) is 89.2 Å².